The number of hydrogen-bond donors (Lipinski definition) is 0. The first kappa shape index (κ1) is 11.8. The maximum absolute atomic E-state index is 5.34. The molecule has 0 aliphatic carbocycles. The van der Waals surface area contributed by atoms with Gasteiger partial charge in [0.05, 0.1) is 18.9 Å². The number of hydrogen-bond acceptors (Lipinski definition) is 6. The van der Waals surface area contributed by atoms with Crippen LogP contribution >= 0.6 is 20.7 Å². The third kappa shape index (κ3) is 2.77. The molecule has 6 heteroatoms. The molecule has 94 valence electrons. The van der Waals surface area contributed by atoms with Crippen LogP contribution in [0.1, 0.15) is 0 Å². The van der Waals surface area contributed by atoms with Crippen molar-refractivity contribution in [2.24, 2.45) is 4.99 Å². The Balaban J connectivity index is 1.83. The van der Waals surface area contributed by atoms with Crippen molar-refractivity contribution in [3.05, 3.63) is 35.1 Å². The van der Waals surface area contributed by atoms with Crippen molar-refractivity contribution < 1.29 is 4.74 Å². The number of aromatic nitrogens is 1. The van der Waals surface area contributed by atoms with E-state index in [1.807, 2.05) is 30.3 Å². The monoisotopic (exact) mass is 279 g/mol. The summed E-state index contributed by atoms with van der Waals surface area (Å²) in [5.41, 5.74) is 0.951. The Hall–Kier alpha value is -1.24. The average molecular weight is 279 g/mol. The highest BCUT2D eigenvalue weighted by Gasteiger charge is 2.13. The zero-order valence-electron chi connectivity index (χ0n) is 9.78. The highest BCUT2D eigenvalue weighted by Crippen LogP contribution is 2.20. The van der Waals surface area contributed by atoms with Crippen LogP contribution in [0.3, 0.4) is 0 Å². The van der Waals surface area contributed by atoms with E-state index in [2.05, 4.69) is 14.9 Å². The molecular weight excluding hydrogens is 266 g/mol. The van der Waals surface area contributed by atoms with Crippen LogP contribution in [0.4, 0.5) is 10.8 Å². The van der Waals surface area contributed by atoms with Gasteiger partial charge in [0.1, 0.15) is 0 Å². The first-order valence-electron chi connectivity index (χ1n) is 5.81. The van der Waals surface area contributed by atoms with E-state index < -0.39 is 0 Å². The standard InChI is InChI=1S/C12H13N3OS2/c1-2-4-10(5-3-1)13-11-14-12(18-17-11)15-6-8-16-9-7-15/h1-5H,6-9H2. The second kappa shape index (κ2) is 5.60. The van der Waals surface area contributed by atoms with Crippen molar-refractivity contribution in [2.45, 2.75) is 0 Å². The summed E-state index contributed by atoms with van der Waals surface area (Å²) in [7, 11) is 3.30. The van der Waals surface area contributed by atoms with Gasteiger partial charge in [-0.3, -0.25) is 0 Å². The molecule has 0 bridgehead atoms. The molecule has 1 aliphatic rings. The van der Waals surface area contributed by atoms with Gasteiger partial charge in [-0.25, -0.2) is 4.99 Å². The molecule has 1 aromatic heterocycles. The number of ether oxygens (including phenoxy) is 1. The highest BCUT2D eigenvalue weighted by molar-refractivity contribution is 7.69. The van der Waals surface area contributed by atoms with Crippen molar-refractivity contribution in [1.82, 2.24) is 4.98 Å². The van der Waals surface area contributed by atoms with Crippen LogP contribution in [0, 0.1) is 0 Å². The molecule has 1 aliphatic heterocycles. The molecule has 2 heterocycles. The number of para-hydroxylation sites is 1. The number of anilines is 1. The second-order valence-electron chi connectivity index (χ2n) is 3.89. The van der Waals surface area contributed by atoms with Gasteiger partial charge in [-0.2, -0.15) is 4.98 Å². The molecule has 0 amide bonds. The molecule has 2 aromatic rings. The predicted molar refractivity (Wildman–Crippen MR) is 74.7 cm³/mol. The Labute approximate surface area is 113 Å². The Morgan fingerprint density at radius 1 is 1.11 bits per heavy atom. The van der Waals surface area contributed by atoms with Crippen LogP contribution in [0.25, 0.3) is 0 Å². The lowest BCUT2D eigenvalue weighted by atomic mass is 10.3. The van der Waals surface area contributed by atoms with Gasteiger partial charge in [0.2, 0.25) is 4.80 Å². The van der Waals surface area contributed by atoms with E-state index in [0.717, 1.165) is 41.9 Å². The smallest absolute Gasteiger partial charge is 0.222 e. The minimum Gasteiger partial charge on any atom is -0.378 e. The molecule has 4 nitrogen and oxygen atoms in total. The molecule has 0 radical (unpaired) electrons. The van der Waals surface area contributed by atoms with Gasteiger partial charge in [-0.1, -0.05) is 18.2 Å². The molecule has 1 fully saturated rings. The maximum atomic E-state index is 5.34. The molecule has 0 atom stereocenters. The van der Waals surface area contributed by atoms with Crippen LogP contribution in [0.5, 0.6) is 0 Å². The van der Waals surface area contributed by atoms with Gasteiger partial charge in [0.15, 0.2) is 5.13 Å². The van der Waals surface area contributed by atoms with Gasteiger partial charge in [-0.15, -0.1) is 0 Å². The molecule has 1 aromatic carbocycles. The summed E-state index contributed by atoms with van der Waals surface area (Å²) in [4.78, 5) is 12.2. The Kier molecular flexibility index (Phi) is 3.68. The third-order valence-corrected chi connectivity index (χ3v) is 4.70. The second-order valence-corrected chi connectivity index (χ2v) is 5.95. The van der Waals surface area contributed by atoms with E-state index in [9.17, 15) is 0 Å². The van der Waals surface area contributed by atoms with Crippen LogP contribution in [-0.4, -0.2) is 31.3 Å². The first-order valence-corrected chi connectivity index (χ1v) is 7.96. The summed E-state index contributed by atoms with van der Waals surface area (Å²) in [5.74, 6) is 0. The lowest BCUT2D eigenvalue weighted by molar-refractivity contribution is 0.122. The third-order valence-electron chi connectivity index (χ3n) is 2.64. The summed E-state index contributed by atoms with van der Waals surface area (Å²) in [6, 6.07) is 9.93. The molecule has 18 heavy (non-hydrogen) atoms. The van der Waals surface area contributed by atoms with E-state index in [1.165, 1.54) is 0 Å². The lowest BCUT2D eigenvalue weighted by Gasteiger charge is -2.25. The Morgan fingerprint density at radius 2 is 1.89 bits per heavy atom. The summed E-state index contributed by atoms with van der Waals surface area (Å²) < 4.78 is 5.34. The van der Waals surface area contributed by atoms with Crippen LogP contribution in [-0.2, 0) is 4.74 Å². The molecule has 0 spiro atoms. The van der Waals surface area contributed by atoms with Crippen molar-refractivity contribution in [1.29, 1.82) is 0 Å². The summed E-state index contributed by atoms with van der Waals surface area (Å²) in [6.07, 6.45) is 0. The van der Waals surface area contributed by atoms with E-state index in [4.69, 9.17) is 4.74 Å². The van der Waals surface area contributed by atoms with Crippen LogP contribution < -0.4 is 9.70 Å². The van der Waals surface area contributed by atoms with Gasteiger partial charge in [-0.05, 0) is 32.8 Å². The van der Waals surface area contributed by atoms with E-state index >= 15 is 0 Å². The molecular formula is C12H13N3OS2. The largest absolute Gasteiger partial charge is 0.378 e. The van der Waals surface area contributed by atoms with E-state index in [0.29, 0.717) is 0 Å². The van der Waals surface area contributed by atoms with E-state index in [-0.39, 0.29) is 0 Å². The average Bonchev–Trinajstić information content (AvgIpc) is 2.89. The quantitative estimate of drug-likeness (QED) is 0.792. The molecule has 3 rings (SSSR count). The van der Waals surface area contributed by atoms with Crippen LogP contribution in [0.2, 0.25) is 0 Å². The van der Waals surface area contributed by atoms with Crippen molar-refractivity contribution >= 4 is 31.5 Å². The minimum absolute atomic E-state index is 0.787. The molecule has 0 N–H and O–H groups in total. The molecule has 0 unspecified atom stereocenters. The number of rotatable bonds is 2. The predicted octanol–water partition coefficient (Wildman–Crippen LogP) is 2.27. The Bertz CT molecular complexity index is 558. The SMILES string of the molecule is c1ccc(N=c2nc(N3CCOCC3)ss2)cc1. The fourth-order valence-electron chi connectivity index (χ4n) is 1.73. The van der Waals surface area contributed by atoms with Crippen LogP contribution in [0.15, 0.2) is 35.3 Å². The van der Waals surface area contributed by atoms with Crippen molar-refractivity contribution in [2.75, 3.05) is 31.2 Å². The fraction of sp³-hybridized carbons (Fsp3) is 0.333. The number of morpholine rings is 1. The number of nitrogens with zero attached hydrogens (tertiary/aromatic N) is 3. The zero-order valence-corrected chi connectivity index (χ0v) is 11.4. The summed E-state index contributed by atoms with van der Waals surface area (Å²) >= 11 is 0. The fourth-order valence-corrected chi connectivity index (χ4v) is 3.71. The van der Waals surface area contributed by atoms with Crippen molar-refractivity contribution in [3.8, 4) is 0 Å². The highest BCUT2D eigenvalue weighted by atomic mass is 32.9. The summed E-state index contributed by atoms with van der Waals surface area (Å²) in [5, 5.41) is 1.05. The normalized spacial score (nSPS) is 17.1. The van der Waals surface area contributed by atoms with Gasteiger partial charge in [0, 0.05) is 13.1 Å². The maximum Gasteiger partial charge on any atom is 0.222 e. The van der Waals surface area contributed by atoms with Crippen molar-refractivity contribution in [3.63, 3.8) is 0 Å². The Morgan fingerprint density at radius 3 is 2.67 bits per heavy atom. The zero-order chi connectivity index (χ0) is 12.2. The molecule has 0 saturated carbocycles. The van der Waals surface area contributed by atoms with Gasteiger partial charge >= 0.3 is 0 Å². The minimum atomic E-state index is 0.787. The topological polar surface area (TPSA) is 37.7 Å². The number of benzene rings is 1. The summed E-state index contributed by atoms with van der Waals surface area (Å²) in [6.45, 7) is 3.42. The van der Waals surface area contributed by atoms with Gasteiger partial charge < -0.3 is 9.64 Å². The van der Waals surface area contributed by atoms with E-state index in [1.54, 1.807) is 20.7 Å². The lowest BCUT2D eigenvalue weighted by Crippen LogP contribution is -2.36. The van der Waals surface area contributed by atoms with Gasteiger partial charge in [0.25, 0.3) is 0 Å². The molecule has 1 saturated heterocycles. The first-order chi connectivity index (χ1) is 8.92.